The van der Waals surface area contributed by atoms with Gasteiger partial charge in [0.1, 0.15) is 0 Å². The molecule has 0 unspecified atom stereocenters. The molecule has 0 aromatic heterocycles. The second kappa shape index (κ2) is 8.36. The van der Waals surface area contributed by atoms with Gasteiger partial charge in [0.2, 0.25) is 11.8 Å². The second-order valence-electron chi connectivity index (χ2n) is 7.22. The predicted octanol–water partition coefficient (Wildman–Crippen LogP) is 3.94. The van der Waals surface area contributed by atoms with Crippen molar-refractivity contribution in [2.24, 2.45) is 11.8 Å². The number of fused-ring (bicyclic) bond motifs is 1. The summed E-state index contributed by atoms with van der Waals surface area (Å²) in [5.74, 6) is -1.98. The highest BCUT2D eigenvalue weighted by Gasteiger charge is 2.47. The van der Waals surface area contributed by atoms with Crippen molar-refractivity contribution in [1.82, 2.24) is 0 Å². The summed E-state index contributed by atoms with van der Waals surface area (Å²) in [6, 6.07) is 12.8. The van der Waals surface area contributed by atoms with E-state index >= 15 is 0 Å². The van der Waals surface area contributed by atoms with Crippen LogP contribution >= 0.6 is 15.9 Å². The fourth-order valence-corrected chi connectivity index (χ4v) is 4.00. The number of rotatable bonds is 5. The van der Waals surface area contributed by atoms with Crippen LogP contribution in [0.4, 0.5) is 5.69 Å². The van der Waals surface area contributed by atoms with Crippen molar-refractivity contribution in [1.29, 1.82) is 0 Å². The van der Waals surface area contributed by atoms with Gasteiger partial charge in [-0.3, -0.25) is 19.3 Å². The van der Waals surface area contributed by atoms with Gasteiger partial charge in [-0.25, -0.2) is 4.79 Å². The van der Waals surface area contributed by atoms with Gasteiger partial charge in [0.15, 0.2) is 12.4 Å². The van der Waals surface area contributed by atoms with E-state index in [1.807, 2.05) is 12.2 Å². The number of carbonyl (C=O) groups excluding carboxylic acids is 4. The lowest BCUT2D eigenvalue weighted by Gasteiger charge is -2.15. The van der Waals surface area contributed by atoms with Crippen LogP contribution in [0.2, 0.25) is 0 Å². The third-order valence-electron chi connectivity index (χ3n) is 5.37. The Hall–Kier alpha value is -3.06. The van der Waals surface area contributed by atoms with Crippen LogP contribution in [0.25, 0.3) is 0 Å². The summed E-state index contributed by atoms with van der Waals surface area (Å²) in [5, 5.41) is 0. The molecule has 2 aliphatic rings. The molecule has 1 aliphatic heterocycles. The van der Waals surface area contributed by atoms with Crippen molar-refractivity contribution in [3.8, 4) is 0 Å². The van der Waals surface area contributed by atoms with Crippen molar-refractivity contribution in [3.05, 3.63) is 76.3 Å². The highest BCUT2D eigenvalue weighted by Crippen LogP contribution is 2.37. The number of imide groups is 1. The molecule has 152 valence electrons. The number of ketones is 1. The summed E-state index contributed by atoms with van der Waals surface area (Å²) in [4.78, 5) is 50.9. The van der Waals surface area contributed by atoms with E-state index in [-0.39, 0.29) is 41.6 Å². The van der Waals surface area contributed by atoms with Gasteiger partial charge in [-0.2, -0.15) is 0 Å². The van der Waals surface area contributed by atoms with E-state index in [1.54, 1.807) is 36.4 Å². The molecule has 30 heavy (non-hydrogen) atoms. The number of allylic oxidation sites excluding steroid dienone is 2. The first-order valence-electron chi connectivity index (χ1n) is 9.54. The summed E-state index contributed by atoms with van der Waals surface area (Å²) in [6.45, 7) is -0.373. The van der Waals surface area contributed by atoms with Crippen LogP contribution < -0.4 is 4.90 Å². The van der Waals surface area contributed by atoms with Crippen LogP contribution in [0.1, 0.15) is 33.6 Å². The molecular weight excluding hydrogens is 450 g/mol. The summed E-state index contributed by atoms with van der Waals surface area (Å²) in [7, 11) is 0. The van der Waals surface area contributed by atoms with Gasteiger partial charge in [0.25, 0.3) is 0 Å². The third kappa shape index (κ3) is 3.85. The van der Waals surface area contributed by atoms with E-state index in [4.69, 9.17) is 4.74 Å². The largest absolute Gasteiger partial charge is 0.454 e. The highest BCUT2D eigenvalue weighted by atomic mass is 79.9. The van der Waals surface area contributed by atoms with Gasteiger partial charge in [-0.15, -0.1) is 0 Å². The average Bonchev–Trinajstić information content (AvgIpc) is 3.03. The van der Waals surface area contributed by atoms with Crippen LogP contribution in [-0.2, 0) is 14.3 Å². The Morgan fingerprint density at radius 3 is 1.97 bits per heavy atom. The molecule has 2 atom stereocenters. The van der Waals surface area contributed by atoms with Crippen molar-refractivity contribution in [3.63, 3.8) is 0 Å². The molecule has 0 radical (unpaired) electrons. The molecule has 2 amide bonds. The van der Waals surface area contributed by atoms with Gasteiger partial charge >= 0.3 is 5.97 Å². The maximum atomic E-state index is 12.6. The molecule has 6 nitrogen and oxygen atoms in total. The topological polar surface area (TPSA) is 80.8 Å². The Morgan fingerprint density at radius 1 is 0.867 bits per heavy atom. The minimum absolute atomic E-state index is 0.204. The molecule has 7 heteroatoms. The van der Waals surface area contributed by atoms with Crippen molar-refractivity contribution < 1.29 is 23.9 Å². The molecule has 1 saturated heterocycles. The van der Waals surface area contributed by atoms with Crippen molar-refractivity contribution >= 4 is 45.2 Å². The normalized spacial score (nSPS) is 20.2. The quantitative estimate of drug-likeness (QED) is 0.288. The lowest BCUT2D eigenvalue weighted by molar-refractivity contribution is -0.122. The highest BCUT2D eigenvalue weighted by molar-refractivity contribution is 9.10. The number of halogens is 1. The third-order valence-corrected chi connectivity index (χ3v) is 5.90. The number of hydrogen-bond acceptors (Lipinski definition) is 5. The number of hydrogen-bond donors (Lipinski definition) is 0. The van der Waals surface area contributed by atoms with E-state index in [9.17, 15) is 19.2 Å². The minimum Gasteiger partial charge on any atom is -0.454 e. The molecule has 0 N–H and O–H groups in total. The monoisotopic (exact) mass is 467 g/mol. The summed E-state index contributed by atoms with van der Waals surface area (Å²) >= 11 is 3.30. The van der Waals surface area contributed by atoms with Crippen LogP contribution in [-0.4, -0.2) is 30.2 Å². The fraction of sp³-hybridized carbons (Fsp3) is 0.217. The number of benzene rings is 2. The number of nitrogens with zero attached hydrogens (tertiary/aromatic N) is 1. The molecule has 2 aromatic rings. The average molecular weight is 468 g/mol. The maximum Gasteiger partial charge on any atom is 0.338 e. The lowest BCUT2D eigenvalue weighted by atomic mass is 9.85. The first-order chi connectivity index (χ1) is 14.5. The summed E-state index contributed by atoms with van der Waals surface area (Å²) < 4.78 is 5.95. The number of esters is 1. The molecular formula is C23H18BrNO5. The Bertz CT molecular complexity index is 1020. The molecule has 2 aromatic carbocycles. The number of amides is 2. The smallest absolute Gasteiger partial charge is 0.338 e. The molecule has 1 aliphatic carbocycles. The van der Waals surface area contributed by atoms with Gasteiger partial charge in [0.05, 0.1) is 23.1 Å². The molecule has 0 saturated carbocycles. The molecule has 1 heterocycles. The zero-order valence-corrected chi connectivity index (χ0v) is 17.5. The lowest BCUT2D eigenvalue weighted by Crippen LogP contribution is -2.30. The van der Waals surface area contributed by atoms with Gasteiger partial charge < -0.3 is 4.74 Å². The molecule has 1 fully saturated rings. The zero-order chi connectivity index (χ0) is 21.3. The Kier molecular flexibility index (Phi) is 5.63. The maximum absolute atomic E-state index is 12.6. The molecule has 0 spiro atoms. The van der Waals surface area contributed by atoms with E-state index in [0.717, 1.165) is 4.47 Å². The van der Waals surface area contributed by atoms with E-state index < -0.39 is 5.97 Å². The first kappa shape index (κ1) is 20.2. The van der Waals surface area contributed by atoms with Crippen molar-refractivity contribution in [2.75, 3.05) is 11.5 Å². The van der Waals surface area contributed by atoms with Crippen LogP contribution in [0.5, 0.6) is 0 Å². The second-order valence-corrected chi connectivity index (χ2v) is 8.14. The standard InChI is InChI=1S/C23H18BrNO5/c24-16-9-5-14(6-10-16)20(26)13-30-23(29)15-7-11-17(12-8-15)25-21(27)18-3-1-2-4-19(18)22(25)28/h1-2,5-12,18-19H,3-4,13H2/t18-,19-/m1/s1. The summed E-state index contributed by atoms with van der Waals surface area (Å²) in [6.07, 6.45) is 5.01. The fourth-order valence-electron chi connectivity index (χ4n) is 3.73. The number of anilines is 1. The van der Waals surface area contributed by atoms with E-state index in [0.29, 0.717) is 24.1 Å². The Balaban J connectivity index is 1.40. The Labute approximate surface area is 181 Å². The predicted molar refractivity (Wildman–Crippen MR) is 113 cm³/mol. The van der Waals surface area contributed by atoms with Gasteiger partial charge in [-0.1, -0.05) is 40.2 Å². The number of carbonyl (C=O) groups is 4. The van der Waals surface area contributed by atoms with Crippen LogP contribution in [0, 0.1) is 11.8 Å². The zero-order valence-electron chi connectivity index (χ0n) is 15.9. The Morgan fingerprint density at radius 2 is 1.40 bits per heavy atom. The summed E-state index contributed by atoms with van der Waals surface area (Å²) in [5.41, 5.74) is 1.12. The number of Topliss-reactive ketones (excluding diaryl/α,β-unsaturated/α-hetero) is 1. The minimum atomic E-state index is -0.649. The SMILES string of the molecule is O=C(COC(=O)c1ccc(N2C(=O)[C@@H]3CC=CC[C@H]3C2=O)cc1)c1ccc(Br)cc1. The van der Waals surface area contributed by atoms with E-state index in [1.165, 1.54) is 17.0 Å². The van der Waals surface area contributed by atoms with Gasteiger partial charge in [0, 0.05) is 10.0 Å². The van der Waals surface area contributed by atoms with Gasteiger partial charge in [-0.05, 0) is 49.2 Å². The van der Waals surface area contributed by atoms with Crippen LogP contribution in [0.3, 0.4) is 0 Å². The first-order valence-corrected chi connectivity index (χ1v) is 10.3. The number of ether oxygens (including phenoxy) is 1. The van der Waals surface area contributed by atoms with Crippen molar-refractivity contribution in [2.45, 2.75) is 12.8 Å². The van der Waals surface area contributed by atoms with Crippen LogP contribution in [0.15, 0.2) is 65.2 Å². The van der Waals surface area contributed by atoms with E-state index in [2.05, 4.69) is 15.9 Å². The molecule has 4 rings (SSSR count). The molecule has 0 bridgehead atoms.